The van der Waals surface area contributed by atoms with Crippen molar-refractivity contribution in [3.63, 3.8) is 0 Å². The van der Waals surface area contributed by atoms with Crippen LogP contribution in [0.1, 0.15) is 24.8 Å². The summed E-state index contributed by atoms with van der Waals surface area (Å²) in [6.45, 7) is 2.51. The number of anilines is 1. The summed E-state index contributed by atoms with van der Waals surface area (Å²) in [6.07, 6.45) is 1.88. The molecular formula is C15H17ClN2O2S2. The Balaban J connectivity index is 1.73. The van der Waals surface area contributed by atoms with Crippen LogP contribution in [0.4, 0.5) is 5.69 Å². The molecule has 0 bridgehead atoms. The Morgan fingerprint density at radius 2 is 2.23 bits per heavy atom. The smallest absolute Gasteiger partial charge is 0.238 e. The zero-order valence-corrected chi connectivity index (χ0v) is 14.6. The predicted molar refractivity (Wildman–Crippen MR) is 95.4 cm³/mol. The van der Waals surface area contributed by atoms with Gasteiger partial charge in [-0.3, -0.25) is 14.5 Å². The molecule has 0 unspecified atom stereocenters. The Hall–Kier alpha value is -1.11. The number of nitrogens with one attached hydrogen (secondary N) is 1. The monoisotopic (exact) mass is 356 g/mol. The van der Waals surface area contributed by atoms with Crippen LogP contribution in [0.2, 0.25) is 5.02 Å². The van der Waals surface area contributed by atoms with Crippen LogP contribution < -0.4 is 5.32 Å². The Kier molecular flexibility index (Phi) is 6.23. The number of thioether (sulfide) groups is 1. The van der Waals surface area contributed by atoms with Crippen molar-refractivity contribution in [2.24, 2.45) is 0 Å². The van der Waals surface area contributed by atoms with E-state index in [0.29, 0.717) is 34.5 Å². The Morgan fingerprint density at radius 1 is 1.45 bits per heavy atom. The van der Waals surface area contributed by atoms with Gasteiger partial charge in [-0.1, -0.05) is 41.6 Å². The van der Waals surface area contributed by atoms with E-state index in [4.69, 9.17) is 23.8 Å². The highest BCUT2D eigenvalue weighted by atomic mass is 35.5. The van der Waals surface area contributed by atoms with Crippen molar-refractivity contribution in [3.05, 3.63) is 28.8 Å². The molecule has 2 amide bonds. The van der Waals surface area contributed by atoms with Gasteiger partial charge in [-0.05, 0) is 37.5 Å². The molecule has 0 aliphatic carbocycles. The van der Waals surface area contributed by atoms with E-state index in [1.807, 2.05) is 13.0 Å². The van der Waals surface area contributed by atoms with Gasteiger partial charge in [0.1, 0.15) is 4.32 Å². The van der Waals surface area contributed by atoms with Crippen molar-refractivity contribution in [2.75, 3.05) is 17.6 Å². The maximum Gasteiger partial charge on any atom is 0.238 e. The third-order valence-corrected chi connectivity index (χ3v) is 5.02. The zero-order chi connectivity index (χ0) is 16.1. The van der Waals surface area contributed by atoms with Crippen LogP contribution in [-0.2, 0) is 9.59 Å². The number of benzene rings is 1. The van der Waals surface area contributed by atoms with E-state index in [1.54, 1.807) is 17.0 Å². The molecule has 1 N–H and O–H groups in total. The van der Waals surface area contributed by atoms with Crippen molar-refractivity contribution in [1.29, 1.82) is 0 Å². The minimum atomic E-state index is -0.0462. The van der Waals surface area contributed by atoms with Gasteiger partial charge < -0.3 is 5.32 Å². The number of unbranched alkanes of at least 4 members (excludes halogenated alkanes) is 1. The van der Waals surface area contributed by atoms with Crippen molar-refractivity contribution in [3.8, 4) is 0 Å². The molecule has 4 nitrogen and oxygen atoms in total. The number of carbonyl (C=O) groups excluding carboxylic acids is 2. The van der Waals surface area contributed by atoms with Gasteiger partial charge >= 0.3 is 0 Å². The average Bonchev–Trinajstić information content (AvgIpc) is 2.79. The molecule has 0 atom stereocenters. The number of hydrogen-bond acceptors (Lipinski definition) is 4. The largest absolute Gasteiger partial charge is 0.326 e. The number of carbonyl (C=O) groups is 2. The summed E-state index contributed by atoms with van der Waals surface area (Å²) >= 11 is 12.4. The molecule has 1 aromatic rings. The van der Waals surface area contributed by atoms with Crippen molar-refractivity contribution in [2.45, 2.75) is 26.2 Å². The topological polar surface area (TPSA) is 49.4 Å². The molecule has 0 saturated carbocycles. The van der Waals surface area contributed by atoms with Crippen LogP contribution in [0.15, 0.2) is 18.2 Å². The van der Waals surface area contributed by atoms with Gasteiger partial charge in [-0.2, -0.15) is 0 Å². The van der Waals surface area contributed by atoms with Crippen molar-refractivity contribution >= 4 is 57.4 Å². The van der Waals surface area contributed by atoms with Crippen LogP contribution in [0.5, 0.6) is 0 Å². The van der Waals surface area contributed by atoms with E-state index < -0.39 is 0 Å². The lowest BCUT2D eigenvalue weighted by Crippen LogP contribution is -2.29. The standard InChI is InChI=1S/C15H17ClN2O2S2/c1-10-5-6-11(16)8-12(10)17-13(19)4-2-3-7-18-14(20)9-22-15(18)21/h5-6,8H,2-4,7,9H2,1H3,(H,17,19). The minimum absolute atomic E-state index is 0.0462. The van der Waals surface area contributed by atoms with Gasteiger partial charge in [0.15, 0.2) is 0 Å². The summed E-state index contributed by atoms with van der Waals surface area (Å²) in [7, 11) is 0. The van der Waals surface area contributed by atoms with E-state index in [1.165, 1.54) is 11.8 Å². The van der Waals surface area contributed by atoms with Crippen LogP contribution in [0.25, 0.3) is 0 Å². The summed E-state index contributed by atoms with van der Waals surface area (Å²) < 4.78 is 0.643. The first-order valence-electron chi connectivity index (χ1n) is 7.00. The third-order valence-electron chi connectivity index (χ3n) is 3.35. The quantitative estimate of drug-likeness (QED) is 0.624. The average molecular weight is 357 g/mol. The SMILES string of the molecule is Cc1ccc(Cl)cc1NC(=O)CCCCN1C(=O)CSC1=S. The molecule has 22 heavy (non-hydrogen) atoms. The molecule has 7 heteroatoms. The molecule has 1 fully saturated rings. The van der Waals surface area contributed by atoms with E-state index in [9.17, 15) is 9.59 Å². The Morgan fingerprint density at radius 3 is 2.91 bits per heavy atom. The fraction of sp³-hybridized carbons (Fsp3) is 0.400. The maximum atomic E-state index is 11.9. The molecule has 118 valence electrons. The second kappa shape index (κ2) is 7.94. The molecule has 1 heterocycles. The molecule has 0 spiro atoms. The number of nitrogens with zero attached hydrogens (tertiary/aromatic N) is 1. The van der Waals surface area contributed by atoms with E-state index in [2.05, 4.69) is 5.32 Å². The van der Waals surface area contributed by atoms with E-state index >= 15 is 0 Å². The van der Waals surface area contributed by atoms with Crippen molar-refractivity contribution < 1.29 is 9.59 Å². The van der Waals surface area contributed by atoms with Gasteiger partial charge in [-0.15, -0.1) is 0 Å². The fourth-order valence-corrected chi connectivity index (χ4v) is 3.39. The van der Waals surface area contributed by atoms with Gasteiger partial charge in [-0.25, -0.2) is 0 Å². The highest BCUT2D eigenvalue weighted by Crippen LogP contribution is 2.21. The molecule has 0 radical (unpaired) electrons. The van der Waals surface area contributed by atoms with E-state index in [0.717, 1.165) is 17.7 Å². The Bertz CT molecular complexity index is 591. The van der Waals surface area contributed by atoms with Crippen LogP contribution >= 0.6 is 35.6 Å². The Labute approximate surface area is 144 Å². The molecule has 1 aromatic carbocycles. The molecule has 1 aliphatic rings. The minimum Gasteiger partial charge on any atom is -0.326 e. The summed E-state index contributed by atoms with van der Waals surface area (Å²) in [6, 6.07) is 5.41. The summed E-state index contributed by atoms with van der Waals surface area (Å²) in [5, 5.41) is 3.46. The van der Waals surface area contributed by atoms with Crippen molar-refractivity contribution in [1.82, 2.24) is 4.90 Å². The molecule has 0 aromatic heterocycles. The number of thiocarbonyl (C=S) groups is 1. The highest BCUT2D eigenvalue weighted by Gasteiger charge is 2.25. The molecular weight excluding hydrogens is 340 g/mol. The lowest BCUT2D eigenvalue weighted by atomic mass is 10.2. The highest BCUT2D eigenvalue weighted by molar-refractivity contribution is 8.23. The number of amides is 2. The number of halogens is 1. The first-order valence-corrected chi connectivity index (χ1v) is 8.77. The van der Waals surface area contributed by atoms with Crippen LogP contribution in [0, 0.1) is 6.92 Å². The first-order chi connectivity index (χ1) is 10.5. The molecule has 1 aliphatic heterocycles. The van der Waals surface area contributed by atoms with Gasteiger partial charge in [0.05, 0.1) is 5.75 Å². The van der Waals surface area contributed by atoms with E-state index in [-0.39, 0.29) is 11.8 Å². The van der Waals surface area contributed by atoms with Gasteiger partial charge in [0.2, 0.25) is 11.8 Å². The van der Waals surface area contributed by atoms with Gasteiger partial charge in [0.25, 0.3) is 0 Å². The lowest BCUT2D eigenvalue weighted by Gasteiger charge is -2.14. The second-order valence-electron chi connectivity index (χ2n) is 5.06. The summed E-state index contributed by atoms with van der Waals surface area (Å²) in [5.41, 5.74) is 1.72. The fourth-order valence-electron chi connectivity index (χ4n) is 2.09. The van der Waals surface area contributed by atoms with Crippen LogP contribution in [-0.4, -0.2) is 33.3 Å². The predicted octanol–water partition coefficient (Wildman–Crippen LogP) is 3.62. The summed E-state index contributed by atoms with van der Waals surface area (Å²) in [4.78, 5) is 25.1. The zero-order valence-electron chi connectivity index (χ0n) is 12.2. The number of aryl methyl sites for hydroxylation is 1. The molecule has 1 saturated heterocycles. The molecule has 2 rings (SSSR count). The normalized spacial score (nSPS) is 14.5. The number of rotatable bonds is 6. The summed E-state index contributed by atoms with van der Waals surface area (Å²) in [5.74, 6) is 0.456. The maximum absolute atomic E-state index is 11.9. The second-order valence-corrected chi connectivity index (χ2v) is 7.11. The lowest BCUT2D eigenvalue weighted by molar-refractivity contribution is -0.124. The van der Waals surface area contributed by atoms with Gasteiger partial charge in [0, 0.05) is 23.7 Å². The first kappa shape index (κ1) is 17.2. The van der Waals surface area contributed by atoms with Crippen LogP contribution in [0.3, 0.4) is 0 Å². The third kappa shape index (κ3) is 4.69. The number of hydrogen-bond donors (Lipinski definition) is 1.